The first-order valence-electron chi connectivity index (χ1n) is 3.68. The van der Waals surface area contributed by atoms with Gasteiger partial charge in [-0.2, -0.15) is 13.2 Å². The van der Waals surface area contributed by atoms with Gasteiger partial charge in [-0.05, 0) is 19.8 Å². The van der Waals surface area contributed by atoms with Crippen LogP contribution in [-0.4, -0.2) is 28.0 Å². The average molecular weight is 198 g/mol. The highest BCUT2D eigenvalue weighted by Crippen LogP contribution is 2.59. The Bertz CT molecular complexity index is 240. The maximum Gasteiger partial charge on any atom is 0.418 e. The lowest BCUT2D eigenvalue weighted by atomic mass is 9.85. The van der Waals surface area contributed by atoms with E-state index in [9.17, 15) is 18.0 Å². The van der Waals surface area contributed by atoms with Gasteiger partial charge in [-0.15, -0.1) is 0 Å². The number of alkyl halides is 3. The van der Waals surface area contributed by atoms with Crippen molar-refractivity contribution < 1.29 is 28.2 Å². The van der Waals surface area contributed by atoms with Crippen LogP contribution >= 0.6 is 0 Å². The Morgan fingerprint density at radius 1 is 1.38 bits per heavy atom. The third-order valence-electron chi connectivity index (χ3n) is 2.64. The highest BCUT2D eigenvalue weighted by atomic mass is 19.4. The molecule has 0 amide bonds. The van der Waals surface area contributed by atoms with Crippen LogP contribution < -0.4 is 0 Å². The number of aliphatic hydroxyl groups is 1. The summed E-state index contributed by atoms with van der Waals surface area (Å²) in [5, 5.41) is 17.6. The predicted octanol–water partition coefficient (Wildman–Crippen LogP) is 1.16. The van der Waals surface area contributed by atoms with Crippen molar-refractivity contribution in [3.63, 3.8) is 0 Å². The molecular weight excluding hydrogens is 189 g/mol. The van der Waals surface area contributed by atoms with Crippen LogP contribution in [0.4, 0.5) is 13.2 Å². The van der Waals surface area contributed by atoms with Crippen LogP contribution in [0.3, 0.4) is 0 Å². The summed E-state index contributed by atoms with van der Waals surface area (Å²) in [6, 6.07) is 0. The highest BCUT2D eigenvalue weighted by molar-refractivity contribution is 5.79. The van der Waals surface area contributed by atoms with Crippen molar-refractivity contribution in [2.24, 2.45) is 5.41 Å². The van der Waals surface area contributed by atoms with Crippen LogP contribution in [0, 0.1) is 5.41 Å². The minimum atomic E-state index is -4.90. The van der Waals surface area contributed by atoms with Gasteiger partial charge >= 0.3 is 12.1 Å². The van der Waals surface area contributed by atoms with Crippen LogP contribution in [0.15, 0.2) is 0 Å². The summed E-state index contributed by atoms with van der Waals surface area (Å²) >= 11 is 0. The average Bonchev–Trinajstić information content (AvgIpc) is 2.61. The third kappa shape index (κ3) is 1.20. The Morgan fingerprint density at radius 3 is 1.85 bits per heavy atom. The molecule has 1 atom stereocenters. The number of hydrogen-bond donors (Lipinski definition) is 2. The molecule has 0 aromatic rings. The van der Waals surface area contributed by atoms with Crippen molar-refractivity contribution in [3.05, 3.63) is 0 Å². The summed E-state index contributed by atoms with van der Waals surface area (Å²) in [5.74, 6) is -1.59. The van der Waals surface area contributed by atoms with Crippen molar-refractivity contribution in [3.8, 4) is 0 Å². The molecule has 1 aliphatic rings. The van der Waals surface area contributed by atoms with E-state index in [0.717, 1.165) is 0 Å². The fourth-order valence-electron chi connectivity index (χ4n) is 1.31. The van der Waals surface area contributed by atoms with E-state index in [0.29, 0.717) is 6.92 Å². The number of halogens is 3. The van der Waals surface area contributed by atoms with Gasteiger partial charge in [-0.25, -0.2) is 0 Å². The first-order valence-corrected chi connectivity index (χ1v) is 3.68. The van der Waals surface area contributed by atoms with Crippen molar-refractivity contribution in [1.82, 2.24) is 0 Å². The number of carboxylic acids is 1. The van der Waals surface area contributed by atoms with E-state index in [1.807, 2.05) is 0 Å². The van der Waals surface area contributed by atoms with Gasteiger partial charge in [0, 0.05) is 0 Å². The van der Waals surface area contributed by atoms with Crippen LogP contribution in [0.25, 0.3) is 0 Å². The molecule has 3 nitrogen and oxygen atoms in total. The smallest absolute Gasteiger partial charge is 0.418 e. The molecule has 0 radical (unpaired) electrons. The Kier molecular flexibility index (Phi) is 1.88. The normalized spacial score (nSPS) is 25.0. The quantitative estimate of drug-likeness (QED) is 0.700. The first-order chi connectivity index (χ1) is 5.65. The van der Waals surface area contributed by atoms with E-state index in [1.54, 1.807) is 0 Å². The fraction of sp³-hybridized carbons (Fsp3) is 0.857. The van der Waals surface area contributed by atoms with Gasteiger partial charge in [-0.1, -0.05) is 0 Å². The minimum Gasteiger partial charge on any atom is -0.481 e. The van der Waals surface area contributed by atoms with Crippen LogP contribution in [0.1, 0.15) is 19.8 Å². The molecule has 1 aliphatic carbocycles. The first kappa shape index (κ1) is 10.3. The van der Waals surface area contributed by atoms with E-state index < -0.39 is 23.2 Å². The Labute approximate surface area is 72.2 Å². The molecule has 1 saturated carbocycles. The van der Waals surface area contributed by atoms with E-state index in [1.165, 1.54) is 0 Å². The summed E-state index contributed by atoms with van der Waals surface area (Å²) in [4.78, 5) is 10.5. The van der Waals surface area contributed by atoms with Gasteiger partial charge in [0.1, 0.15) is 5.41 Å². The minimum absolute atomic E-state index is 0.130. The van der Waals surface area contributed by atoms with E-state index in [-0.39, 0.29) is 12.8 Å². The zero-order valence-corrected chi connectivity index (χ0v) is 6.85. The predicted molar refractivity (Wildman–Crippen MR) is 36.0 cm³/mol. The SMILES string of the molecule is CC(O)(C(F)(F)F)C1(C(=O)O)CC1. The zero-order valence-electron chi connectivity index (χ0n) is 6.85. The molecule has 0 aromatic carbocycles. The van der Waals surface area contributed by atoms with Gasteiger partial charge in [0.15, 0.2) is 5.60 Å². The molecule has 0 bridgehead atoms. The molecule has 1 unspecified atom stereocenters. The van der Waals surface area contributed by atoms with E-state index >= 15 is 0 Å². The second-order valence-electron chi connectivity index (χ2n) is 3.46. The van der Waals surface area contributed by atoms with Crippen molar-refractivity contribution in [2.75, 3.05) is 0 Å². The number of aliphatic carboxylic acids is 1. The molecule has 0 aliphatic heterocycles. The number of rotatable bonds is 2. The van der Waals surface area contributed by atoms with Crippen LogP contribution in [-0.2, 0) is 4.79 Å². The lowest BCUT2D eigenvalue weighted by Gasteiger charge is -2.31. The molecule has 0 saturated heterocycles. The monoisotopic (exact) mass is 198 g/mol. The molecule has 6 heteroatoms. The van der Waals surface area contributed by atoms with Gasteiger partial charge in [0.25, 0.3) is 0 Å². The molecule has 1 rings (SSSR count). The fourth-order valence-corrected chi connectivity index (χ4v) is 1.31. The molecule has 0 heterocycles. The van der Waals surface area contributed by atoms with Crippen LogP contribution in [0.5, 0.6) is 0 Å². The summed E-state index contributed by atoms with van der Waals surface area (Å²) in [6.07, 6.45) is -5.16. The van der Waals surface area contributed by atoms with Gasteiger partial charge in [0.05, 0.1) is 0 Å². The number of hydrogen-bond acceptors (Lipinski definition) is 2. The Balaban J connectivity index is 3.00. The summed E-state index contributed by atoms with van der Waals surface area (Å²) in [5.41, 5.74) is -5.16. The van der Waals surface area contributed by atoms with Gasteiger partial charge in [-0.3, -0.25) is 4.79 Å². The highest BCUT2D eigenvalue weighted by Gasteiger charge is 2.72. The second kappa shape index (κ2) is 2.37. The zero-order chi connectivity index (χ0) is 10.5. The third-order valence-corrected chi connectivity index (χ3v) is 2.64. The second-order valence-corrected chi connectivity index (χ2v) is 3.46. The lowest BCUT2D eigenvalue weighted by molar-refractivity contribution is -0.277. The van der Waals surface area contributed by atoms with Gasteiger partial charge < -0.3 is 10.2 Å². The number of carboxylic acid groups (broad SMARTS) is 1. The molecule has 0 aromatic heterocycles. The molecule has 76 valence electrons. The molecule has 0 spiro atoms. The maximum atomic E-state index is 12.2. The topological polar surface area (TPSA) is 57.5 Å². The molecule has 13 heavy (non-hydrogen) atoms. The van der Waals surface area contributed by atoms with Crippen molar-refractivity contribution in [2.45, 2.75) is 31.5 Å². The Hall–Kier alpha value is -0.780. The van der Waals surface area contributed by atoms with E-state index in [4.69, 9.17) is 10.2 Å². The molecule has 1 fully saturated rings. The maximum absolute atomic E-state index is 12.2. The summed E-state index contributed by atoms with van der Waals surface area (Å²) in [7, 11) is 0. The summed E-state index contributed by atoms with van der Waals surface area (Å²) < 4.78 is 36.6. The largest absolute Gasteiger partial charge is 0.481 e. The van der Waals surface area contributed by atoms with Crippen molar-refractivity contribution >= 4 is 5.97 Å². The lowest BCUT2D eigenvalue weighted by Crippen LogP contribution is -2.53. The van der Waals surface area contributed by atoms with E-state index in [2.05, 4.69) is 0 Å². The summed E-state index contributed by atoms with van der Waals surface area (Å²) in [6.45, 7) is 0.508. The molecule has 2 N–H and O–H groups in total. The van der Waals surface area contributed by atoms with Crippen LogP contribution in [0.2, 0.25) is 0 Å². The number of carbonyl (C=O) groups is 1. The van der Waals surface area contributed by atoms with Gasteiger partial charge in [0.2, 0.25) is 0 Å². The Morgan fingerprint density at radius 2 is 1.77 bits per heavy atom. The van der Waals surface area contributed by atoms with Crippen molar-refractivity contribution in [1.29, 1.82) is 0 Å². The molecular formula is C7H9F3O3. The standard InChI is InChI=1S/C7H9F3O3/c1-5(13,7(8,9)10)6(2-3-6)4(11)12/h13H,2-3H2,1H3,(H,11,12).